The Morgan fingerprint density at radius 1 is 0.387 bits per heavy atom. The van der Waals surface area contributed by atoms with Gasteiger partial charge in [0, 0.05) is 58.8 Å². The summed E-state index contributed by atoms with van der Waals surface area (Å²) >= 11 is 1.85. The maximum Gasteiger partial charge on any atom is 0.143 e. The molecule has 13 aromatic rings. The van der Waals surface area contributed by atoms with Gasteiger partial charge < -0.3 is 13.9 Å². The number of hydrogen-bond acceptors (Lipinski definition) is 3. The van der Waals surface area contributed by atoms with Gasteiger partial charge in [0.2, 0.25) is 0 Å². The Bertz CT molecular complexity index is 3890. The van der Waals surface area contributed by atoms with Crippen LogP contribution in [0.3, 0.4) is 0 Å². The Morgan fingerprint density at radius 2 is 1.02 bits per heavy atom. The summed E-state index contributed by atoms with van der Waals surface area (Å²) in [7, 11) is 0. The summed E-state index contributed by atoms with van der Waals surface area (Å²) in [6.45, 7) is 0. The lowest BCUT2D eigenvalue weighted by molar-refractivity contribution is 0.672. The van der Waals surface area contributed by atoms with Crippen LogP contribution < -0.4 is 4.90 Å². The lowest BCUT2D eigenvalue weighted by Crippen LogP contribution is -2.10. The molecule has 0 aliphatic rings. The van der Waals surface area contributed by atoms with Crippen LogP contribution in [0.5, 0.6) is 0 Å². The van der Waals surface area contributed by atoms with E-state index in [0.29, 0.717) is 0 Å². The fourth-order valence-electron chi connectivity index (χ4n) is 9.71. The van der Waals surface area contributed by atoms with E-state index in [1.165, 1.54) is 53.1 Å². The Balaban J connectivity index is 1.01. The molecule has 0 aliphatic heterocycles. The highest BCUT2D eigenvalue weighted by Gasteiger charge is 2.22. The Kier molecular flexibility index (Phi) is 7.78. The second-order valence-corrected chi connectivity index (χ2v) is 17.2. The highest BCUT2D eigenvalue weighted by atomic mass is 32.1. The molecule has 0 N–H and O–H groups in total. The minimum absolute atomic E-state index is 0.862. The maximum absolute atomic E-state index is 6.77. The number of hydrogen-bond donors (Lipinski definition) is 0. The van der Waals surface area contributed by atoms with E-state index in [0.717, 1.165) is 66.6 Å². The van der Waals surface area contributed by atoms with Crippen LogP contribution in [0, 0.1) is 0 Å². The number of benzene rings is 10. The van der Waals surface area contributed by atoms with E-state index in [2.05, 4.69) is 228 Å². The Morgan fingerprint density at radius 3 is 1.84 bits per heavy atom. The van der Waals surface area contributed by atoms with Crippen molar-refractivity contribution in [2.45, 2.75) is 0 Å². The number of fused-ring (bicyclic) bond motifs is 11. The molecule has 13 rings (SSSR count). The van der Waals surface area contributed by atoms with Gasteiger partial charge in [-0.2, -0.15) is 0 Å². The lowest BCUT2D eigenvalue weighted by Gasteiger charge is -2.27. The summed E-state index contributed by atoms with van der Waals surface area (Å²) < 4.78 is 11.8. The smallest absolute Gasteiger partial charge is 0.143 e. The molecular weight excluding hydrogens is 773 g/mol. The van der Waals surface area contributed by atoms with E-state index in [9.17, 15) is 0 Å². The first kappa shape index (κ1) is 34.9. The number of furan rings is 1. The van der Waals surface area contributed by atoms with Crippen LogP contribution >= 0.6 is 11.3 Å². The third-order valence-corrected chi connectivity index (χ3v) is 13.7. The summed E-state index contributed by atoms with van der Waals surface area (Å²) in [6, 6.07) is 79.3. The molecule has 0 amide bonds. The summed E-state index contributed by atoms with van der Waals surface area (Å²) in [4.78, 5) is 2.41. The maximum atomic E-state index is 6.77. The van der Waals surface area contributed by atoms with Gasteiger partial charge in [-0.3, -0.25) is 0 Å². The number of nitrogens with zero attached hydrogens (tertiary/aromatic N) is 2. The second-order valence-electron chi connectivity index (χ2n) is 16.1. The second kappa shape index (κ2) is 13.8. The third-order valence-electron chi connectivity index (χ3n) is 12.5. The zero-order valence-electron chi connectivity index (χ0n) is 33.5. The van der Waals surface area contributed by atoms with Crippen molar-refractivity contribution >= 4 is 103 Å². The molecule has 290 valence electrons. The van der Waals surface area contributed by atoms with Crippen molar-refractivity contribution in [1.82, 2.24) is 4.57 Å². The van der Waals surface area contributed by atoms with Gasteiger partial charge in [0.25, 0.3) is 0 Å². The standard InChI is InChI=1S/C58H36N2OS/c1-2-16-42(17-3-1)60-51-23-8-6-21-46(51)49-35-40(28-31-52(49)60)38-14-10-18-43(33-38)59(53-24-12-25-54-57(53)48-30-27-37-13-4-5-20-45(37)58(48)61-54)44-19-11-15-39(34-44)41-29-32-56-50(36-41)47-22-7-9-26-55(47)62-56/h1-36H. The molecule has 0 spiro atoms. The van der Waals surface area contributed by atoms with Crippen LogP contribution in [0.4, 0.5) is 17.1 Å². The van der Waals surface area contributed by atoms with Gasteiger partial charge in [-0.25, -0.2) is 0 Å². The molecule has 0 saturated carbocycles. The Hall–Kier alpha value is -7.92. The molecule has 0 bridgehead atoms. The van der Waals surface area contributed by atoms with E-state index in [1.807, 2.05) is 11.3 Å². The van der Waals surface area contributed by atoms with Gasteiger partial charge in [-0.1, -0.05) is 127 Å². The number of rotatable bonds is 6. The first-order chi connectivity index (χ1) is 30.7. The predicted molar refractivity (Wildman–Crippen MR) is 264 cm³/mol. The van der Waals surface area contributed by atoms with Crippen LogP contribution in [0.25, 0.3) is 103 Å². The first-order valence-corrected chi connectivity index (χ1v) is 21.9. The van der Waals surface area contributed by atoms with E-state index < -0.39 is 0 Å². The molecule has 10 aromatic carbocycles. The number of thiophene rings is 1. The molecule has 0 aliphatic carbocycles. The fourth-order valence-corrected chi connectivity index (χ4v) is 10.8. The van der Waals surface area contributed by atoms with Crippen molar-refractivity contribution in [3.63, 3.8) is 0 Å². The van der Waals surface area contributed by atoms with Crippen molar-refractivity contribution in [3.8, 4) is 27.9 Å². The number of para-hydroxylation sites is 2. The van der Waals surface area contributed by atoms with Crippen molar-refractivity contribution in [1.29, 1.82) is 0 Å². The van der Waals surface area contributed by atoms with Gasteiger partial charge >= 0.3 is 0 Å². The van der Waals surface area contributed by atoms with Crippen molar-refractivity contribution in [3.05, 3.63) is 218 Å². The summed E-state index contributed by atoms with van der Waals surface area (Å²) in [5, 5.41) is 9.53. The molecule has 4 heteroatoms. The molecule has 62 heavy (non-hydrogen) atoms. The zero-order valence-corrected chi connectivity index (χ0v) is 34.3. The minimum atomic E-state index is 0.862. The van der Waals surface area contributed by atoms with E-state index >= 15 is 0 Å². The molecule has 0 radical (unpaired) electrons. The largest absolute Gasteiger partial charge is 0.455 e. The summed E-state index contributed by atoms with van der Waals surface area (Å²) in [5.41, 5.74) is 13.2. The van der Waals surface area contributed by atoms with Crippen molar-refractivity contribution in [2.75, 3.05) is 4.90 Å². The molecule has 3 nitrogen and oxygen atoms in total. The van der Waals surface area contributed by atoms with Crippen molar-refractivity contribution < 1.29 is 4.42 Å². The number of aromatic nitrogens is 1. The molecule has 0 atom stereocenters. The van der Waals surface area contributed by atoms with E-state index in [1.54, 1.807) is 0 Å². The number of anilines is 3. The molecule has 3 aromatic heterocycles. The average molecular weight is 809 g/mol. The average Bonchev–Trinajstić information content (AvgIpc) is 4.02. The van der Waals surface area contributed by atoms with Crippen LogP contribution in [-0.2, 0) is 0 Å². The highest BCUT2D eigenvalue weighted by Crippen LogP contribution is 2.46. The minimum Gasteiger partial charge on any atom is -0.455 e. The fraction of sp³-hybridized carbons (Fsp3) is 0. The Labute approximate surface area is 361 Å². The van der Waals surface area contributed by atoms with Crippen molar-refractivity contribution in [2.24, 2.45) is 0 Å². The molecule has 0 unspecified atom stereocenters. The topological polar surface area (TPSA) is 21.3 Å². The molecular formula is C58H36N2OS. The molecule has 3 heterocycles. The zero-order chi connectivity index (χ0) is 40.7. The third kappa shape index (κ3) is 5.44. The quantitative estimate of drug-likeness (QED) is 0.167. The summed E-state index contributed by atoms with van der Waals surface area (Å²) in [6.07, 6.45) is 0. The van der Waals surface area contributed by atoms with Crippen LogP contribution in [0.15, 0.2) is 223 Å². The lowest BCUT2D eigenvalue weighted by atomic mass is 9.99. The van der Waals surface area contributed by atoms with Gasteiger partial charge in [0.15, 0.2) is 0 Å². The highest BCUT2D eigenvalue weighted by molar-refractivity contribution is 7.25. The van der Waals surface area contributed by atoms with Crippen LogP contribution in [-0.4, -0.2) is 4.57 Å². The van der Waals surface area contributed by atoms with E-state index in [4.69, 9.17) is 4.42 Å². The molecule has 0 saturated heterocycles. The van der Waals surface area contributed by atoms with Crippen LogP contribution in [0.1, 0.15) is 0 Å². The first-order valence-electron chi connectivity index (χ1n) is 21.1. The molecule has 0 fully saturated rings. The normalized spacial score (nSPS) is 11.9. The van der Waals surface area contributed by atoms with Crippen LogP contribution in [0.2, 0.25) is 0 Å². The monoisotopic (exact) mass is 808 g/mol. The van der Waals surface area contributed by atoms with Gasteiger partial charge in [0.1, 0.15) is 11.2 Å². The summed E-state index contributed by atoms with van der Waals surface area (Å²) in [5.74, 6) is 0. The van der Waals surface area contributed by atoms with Gasteiger partial charge in [0.05, 0.1) is 22.1 Å². The van der Waals surface area contributed by atoms with Gasteiger partial charge in [-0.15, -0.1) is 11.3 Å². The van der Waals surface area contributed by atoms with Gasteiger partial charge in [-0.05, 0) is 119 Å². The van der Waals surface area contributed by atoms with E-state index in [-0.39, 0.29) is 0 Å². The predicted octanol–water partition coefficient (Wildman–Crippen LogP) is 17.0. The SMILES string of the molecule is c1ccc(-n2c3ccccc3c3cc(-c4cccc(N(c5cccc(-c6ccc7sc8ccccc8c7c6)c5)c5cccc6oc7c8ccccc8ccc7c56)c4)ccc32)cc1.